The summed E-state index contributed by atoms with van der Waals surface area (Å²) >= 11 is 0. The molecule has 0 heterocycles. The van der Waals surface area contributed by atoms with Crippen LogP contribution in [-0.4, -0.2) is 0 Å². The Morgan fingerprint density at radius 2 is 1.40 bits per heavy atom. The van der Waals surface area contributed by atoms with E-state index in [9.17, 15) is 0 Å². The Morgan fingerprint density at radius 3 is 1.85 bits per heavy atom. The van der Waals surface area contributed by atoms with Crippen molar-refractivity contribution in [3.05, 3.63) is 0 Å². The molecule has 2 unspecified atom stereocenters. The van der Waals surface area contributed by atoms with E-state index in [0.717, 1.165) is 11.8 Å². The SMILES string of the molecule is CCCC(C)(C)C(C)(CCCC(C)C)CCC(C)CC. The maximum Gasteiger partial charge on any atom is -0.0274 e. The molecule has 2 atom stereocenters. The lowest BCUT2D eigenvalue weighted by molar-refractivity contribution is 0.0465. The van der Waals surface area contributed by atoms with E-state index in [1.54, 1.807) is 0 Å². The third-order valence-electron chi connectivity index (χ3n) is 5.90. The second kappa shape index (κ2) is 9.11. The first kappa shape index (κ1) is 20.0. The van der Waals surface area contributed by atoms with Gasteiger partial charge < -0.3 is 0 Å². The van der Waals surface area contributed by atoms with Gasteiger partial charge in [0.15, 0.2) is 0 Å². The predicted octanol–water partition coefficient (Wildman–Crippen LogP) is 7.47. The molecule has 0 aliphatic heterocycles. The monoisotopic (exact) mass is 282 g/mol. The zero-order valence-corrected chi connectivity index (χ0v) is 15.8. The first-order valence-electron chi connectivity index (χ1n) is 9.18. The number of rotatable bonds is 11. The molecule has 0 amide bonds. The van der Waals surface area contributed by atoms with E-state index in [4.69, 9.17) is 0 Å². The summed E-state index contributed by atoms with van der Waals surface area (Å²) < 4.78 is 0. The molecule has 0 aromatic heterocycles. The Hall–Kier alpha value is 0. The molecule has 0 spiro atoms. The molecule has 0 nitrogen and oxygen atoms in total. The summed E-state index contributed by atoms with van der Waals surface area (Å²) in [6, 6.07) is 0. The van der Waals surface area contributed by atoms with Gasteiger partial charge in [0.2, 0.25) is 0 Å². The number of hydrogen-bond donors (Lipinski definition) is 0. The Morgan fingerprint density at radius 1 is 0.800 bits per heavy atom. The molecule has 20 heavy (non-hydrogen) atoms. The van der Waals surface area contributed by atoms with Crippen LogP contribution in [-0.2, 0) is 0 Å². The highest BCUT2D eigenvalue weighted by Gasteiger charge is 2.39. The highest BCUT2D eigenvalue weighted by atomic mass is 14.4. The Labute approximate surface area is 130 Å². The zero-order valence-electron chi connectivity index (χ0n) is 15.8. The summed E-state index contributed by atoms with van der Waals surface area (Å²) in [4.78, 5) is 0. The predicted molar refractivity (Wildman–Crippen MR) is 94.2 cm³/mol. The summed E-state index contributed by atoms with van der Waals surface area (Å²) in [5.41, 5.74) is 0.994. The molecular weight excluding hydrogens is 240 g/mol. The second-order valence-corrected chi connectivity index (χ2v) is 8.53. The van der Waals surface area contributed by atoms with Crippen molar-refractivity contribution < 1.29 is 0 Å². The lowest BCUT2D eigenvalue weighted by atomic mass is 9.59. The van der Waals surface area contributed by atoms with E-state index >= 15 is 0 Å². The topological polar surface area (TPSA) is 0 Å². The van der Waals surface area contributed by atoms with Crippen LogP contribution in [0.2, 0.25) is 0 Å². The van der Waals surface area contributed by atoms with Gasteiger partial charge in [-0.2, -0.15) is 0 Å². The Balaban J connectivity index is 4.73. The molecule has 0 radical (unpaired) electrons. The molecule has 0 rings (SSSR count). The van der Waals surface area contributed by atoms with E-state index < -0.39 is 0 Å². The fourth-order valence-electron chi connectivity index (χ4n) is 3.40. The first-order chi connectivity index (χ1) is 9.18. The maximum atomic E-state index is 2.57. The van der Waals surface area contributed by atoms with Crippen molar-refractivity contribution in [2.24, 2.45) is 22.7 Å². The van der Waals surface area contributed by atoms with E-state index in [-0.39, 0.29) is 0 Å². The van der Waals surface area contributed by atoms with Crippen molar-refractivity contribution in [2.45, 2.75) is 107 Å². The van der Waals surface area contributed by atoms with Gasteiger partial charge in [-0.3, -0.25) is 0 Å². The lowest BCUT2D eigenvalue weighted by Gasteiger charge is -2.46. The van der Waals surface area contributed by atoms with Crippen LogP contribution in [0.25, 0.3) is 0 Å². The summed E-state index contributed by atoms with van der Waals surface area (Å²) in [5.74, 6) is 1.74. The standard InChI is InChI=1S/C20H42/c1-9-14-19(6,7)20(8,15-11-12-17(3)4)16-13-18(5)10-2/h17-18H,9-16H2,1-8H3. The normalized spacial score (nSPS) is 17.2. The maximum absolute atomic E-state index is 2.57. The highest BCUT2D eigenvalue weighted by Crippen LogP contribution is 2.49. The lowest BCUT2D eigenvalue weighted by Crippen LogP contribution is -2.35. The van der Waals surface area contributed by atoms with Crippen LogP contribution < -0.4 is 0 Å². The number of hydrogen-bond acceptors (Lipinski definition) is 0. The smallest absolute Gasteiger partial charge is 0.0274 e. The van der Waals surface area contributed by atoms with Gasteiger partial charge in [0, 0.05) is 0 Å². The molecule has 0 aromatic rings. The van der Waals surface area contributed by atoms with Crippen LogP contribution in [0.3, 0.4) is 0 Å². The van der Waals surface area contributed by atoms with Crippen LogP contribution in [0.5, 0.6) is 0 Å². The summed E-state index contributed by atoms with van der Waals surface area (Å²) in [6.45, 7) is 19.4. The molecule has 0 aliphatic carbocycles. The molecule has 0 aromatic carbocycles. The van der Waals surface area contributed by atoms with Crippen molar-refractivity contribution in [1.82, 2.24) is 0 Å². The average molecular weight is 283 g/mol. The van der Waals surface area contributed by atoms with E-state index in [1.807, 2.05) is 0 Å². The third kappa shape index (κ3) is 6.64. The molecule has 0 saturated heterocycles. The van der Waals surface area contributed by atoms with Crippen molar-refractivity contribution in [3.8, 4) is 0 Å². The molecule has 0 fully saturated rings. The van der Waals surface area contributed by atoms with Gasteiger partial charge >= 0.3 is 0 Å². The van der Waals surface area contributed by atoms with Crippen LogP contribution >= 0.6 is 0 Å². The van der Waals surface area contributed by atoms with E-state index in [1.165, 1.54) is 51.4 Å². The molecular formula is C20H42. The fraction of sp³-hybridized carbons (Fsp3) is 1.00. The van der Waals surface area contributed by atoms with Gasteiger partial charge in [-0.05, 0) is 41.9 Å². The van der Waals surface area contributed by atoms with Gasteiger partial charge in [0.25, 0.3) is 0 Å². The molecule has 0 N–H and O–H groups in total. The molecule has 0 saturated carbocycles. The summed E-state index contributed by atoms with van der Waals surface area (Å²) in [5, 5.41) is 0. The van der Waals surface area contributed by atoms with Gasteiger partial charge in [-0.15, -0.1) is 0 Å². The fourth-order valence-corrected chi connectivity index (χ4v) is 3.40. The third-order valence-corrected chi connectivity index (χ3v) is 5.90. The molecule has 0 heteroatoms. The van der Waals surface area contributed by atoms with E-state index in [2.05, 4.69) is 55.4 Å². The Bertz CT molecular complexity index is 238. The van der Waals surface area contributed by atoms with Crippen LogP contribution in [0, 0.1) is 22.7 Å². The van der Waals surface area contributed by atoms with Crippen LogP contribution in [0.4, 0.5) is 0 Å². The zero-order chi connectivity index (χ0) is 15.8. The highest BCUT2D eigenvalue weighted by molar-refractivity contribution is 4.89. The van der Waals surface area contributed by atoms with Crippen molar-refractivity contribution in [1.29, 1.82) is 0 Å². The van der Waals surface area contributed by atoms with Crippen molar-refractivity contribution in [3.63, 3.8) is 0 Å². The second-order valence-electron chi connectivity index (χ2n) is 8.53. The average Bonchev–Trinajstić information content (AvgIpc) is 2.35. The molecule has 0 aliphatic rings. The summed E-state index contributed by atoms with van der Waals surface area (Å²) in [6.07, 6.45) is 11.0. The van der Waals surface area contributed by atoms with Crippen molar-refractivity contribution in [2.75, 3.05) is 0 Å². The Kier molecular flexibility index (Phi) is 9.11. The van der Waals surface area contributed by atoms with Gasteiger partial charge in [0.05, 0.1) is 0 Å². The molecule has 122 valence electrons. The minimum Gasteiger partial charge on any atom is -0.0654 e. The van der Waals surface area contributed by atoms with Gasteiger partial charge in [-0.25, -0.2) is 0 Å². The quantitative estimate of drug-likeness (QED) is 0.368. The minimum atomic E-state index is 0.478. The van der Waals surface area contributed by atoms with E-state index in [0.29, 0.717) is 10.8 Å². The summed E-state index contributed by atoms with van der Waals surface area (Å²) in [7, 11) is 0. The van der Waals surface area contributed by atoms with Crippen LogP contribution in [0.1, 0.15) is 107 Å². The largest absolute Gasteiger partial charge is 0.0654 e. The van der Waals surface area contributed by atoms with Gasteiger partial charge in [-0.1, -0.05) is 87.5 Å². The first-order valence-corrected chi connectivity index (χ1v) is 9.18. The van der Waals surface area contributed by atoms with Crippen molar-refractivity contribution >= 4 is 0 Å². The molecule has 0 bridgehead atoms. The van der Waals surface area contributed by atoms with Gasteiger partial charge in [0.1, 0.15) is 0 Å². The van der Waals surface area contributed by atoms with Crippen LogP contribution in [0.15, 0.2) is 0 Å². The minimum absolute atomic E-state index is 0.478.